The molecule has 0 saturated carbocycles. The smallest absolute Gasteiger partial charge is 0.240 e. The summed E-state index contributed by atoms with van der Waals surface area (Å²) >= 11 is 0. The molecule has 1 aromatic rings. The third kappa shape index (κ3) is 2.19. The number of likely N-dealkylation sites (N-methyl/N-ethyl adjacent to an activating group) is 2. The second-order valence-corrected chi connectivity index (χ2v) is 4.75. The first-order valence-electron chi connectivity index (χ1n) is 6.57. The van der Waals surface area contributed by atoms with Gasteiger partial charge in [-0.2, -0.15) is 9.37 Å². The lowest BCUT2D eigenvalue weighted by Gasteiger charge is -2.36. The summed E-state index contributed by atoms with van der Waals surface area (Å²) in [6.07, 6.45) is 0. The van der Waals surface area contributed by atoms with E-state index in [1.807, 2.05) is 13.8 Å². The Morgan fingerprint density at radius 2 is 1.58 bits per heavy atom. The van der Waals surface area contributed by atoms with E-state index in [4.69, 9.17) is 0 Å². The normalized spacial score (nSPS) is 14.6. The van der Waals surface area contributed by atoms with E-state index < -0.39 is 11.8 Å². The van der Waals surface area contributed by atoms with Crippen LogP contribution in [0.1, 0.15) is 13.8 Å². The lowest BCUT2D eigenvalue weighted by Crippen LogP contribution is -2.39. The first kappa shape index (κ1) is 13.8. The fourth-order valence-corrected chi connectivity index (χ4v) is 2.45. The van der Waals surface area contributed by atoms with Crippen molar-refractivity contribution < 1.29 is 8.78 Å². The highest BCUT2D eigenvalue weighted by atomic mass is 19.1. The van der Waals surface area contributed by atoms with Gasteiger partial charge in [0.2, 0.25) is 5.95 Å². The molecular formula is C13H20F2N4. The molecule has 0 spiro atoms. The molecule has 1 aliphatic rings. The van der Waals surface area contributed by atoms with Crippen LogP contribution in [0.3, 0.4) is 0 Å². The van der Waals surface area contributed by atoms with Crippen LogP contribution in [-0.2, 0) is 0 Å². The van der Waals surface area contributed by atoms with E-state index >= 15 is 0 Å². The van der Waals surface area contributed by atoms with E-state index in [-0.39, 0.29) is 11.5 Å². The molecule has 6 heteroatoms. The molecule has 0 bridgehead atoms. The first-order chi connectivity index (χ1) is 9.01. The summed E-state index contributed by atoms with van der Waals surface area (Å²) in [7, 11) is 3.54. The van der Waals surface area contributed by atoms with Crippen molar-refractivity contribution in [2.24, 2.45) is 0 Å². The highest BCUT2D eigenvalue weighted by Gasteiger charge is 2.29. The number of aromatic nitrogens is 1. The summed E-state index contributed by atoms with van der Waals surface area (Å²) in [5, 5.41) is 0. The highest BCUT2D eigenvalue weighted by molar-refractivity contribution is 5.76. The second-order valence-electron chi connectivity index (χ2n) is 4.75. The van der Waals surface area contributed by atoms with Gasteiger partial charge in [0.25, 0.3) is 0 Å². The monoisotopic (exact) mass is 270 g/mol. The first-order valence-corrected chi connectivity index (χ1v) is 6.57. The summed E-state index contributed by atoms with van der Waals surface area (Å²) in [5.74, 6) is -0.940. The van der Waals surface area contributed by atoms with E-state index in [2.05, 4.69) is 4.98 Å². The van der Waals surface area contributed by atoms with Crippen LogP contribution in [0, 0.1) is 11.8 Å². The van der Waals surface area contributed by atoms with Crippen LogP contribution < -0.4 is 14.7 Å². The molecule has 0 atom stereocenters. The van der Waals surface area contributed by atoms with E-state index in [1.165, 1.54) is 0 Å². The molecule has 0 aromatic carbocycles. The average Bonchev–Trinajstić information content (AvgIpc) is 2.39. The fraction of sp³-hybridized carbons (Fsp3) is 0.615. The Morgan fingerprint density at radius 1 is 1.05 bits per heavy atom. The van der Waals surface area contributed by atoms with E-state index in [1.54, 1.807) is 28.8 Å². The SMILES string of the molecule is CCN(CC)c1nc(F)c2c(c1F)N(C)CCN2C. The lowest BCUT2D eigenvalue weighted by molar-refractivity contribution is 0.544. The minimum absolute atomic E-state index is 0.100. The number of halogens is 2. The third-order valence-electron chi connectivity index (χ3n) is 3.63. The molecule has 0 amide bonds. The zero-order chi connectivity index (χ0) is 14.2. The molecule has 19 heavy (non-hydrogen) atoms. The van der Waals surface area contributed by atoms with Crippen molar-refractivity contribution in [2.75, 3.05) is 55.0 Å². The third-order valence-corrected chi connectivity index (χ3v) is 3.63. The predicted molar refractivity (Wildman–Crippen MR) is 74.3 cm³/mol. The van der Waals surface area contributed by atoms with Crippen molar-refractivity contribution in [1.82, 2.24) is 4.98 Å². The Balaban J connectivity index is 2.63. The summed E-state index contributed by atoms with van der Waals surface area (Å²) in [6.45, 7) is 6.32. The van der Waals surface area contributed by atoms with Crippen LogP contribution in [0.2, 0.25) is 0 Å². The van der Waals surface area contributed by atoms with Crippen molar-refractivity contribution in [3.63, 3.8) is 0 Å². The molecule has 0 fully saturated rings. The van der Waals surface area contributed by atoms with Gasteiger partial charge in [0.1, 0.15) is 11.4 Å². The Kier molecular flexibility index (Phi) is 3.78. The predicted octanol–water partition coefficient (Wildman–Crippen LogP) is 2.09. The average molecular weight is 270 g/mol. The van der Waals surface area contributed by atoms with E-state index in [0.29, 0.717) is 31.9 Å². The largest absolute Gasteiger partial charge is 0.369 e. The highest BCUT2D eigenvalue weighted by Crippen LogP contribution is 2.39. The van der Waals surface area contributed by atoms with Gasteiger partial charge in [-0.25, -0.2) is 4.39 Å². The van der Waals surface area contributed by atoms with Crippen molar-refractivity contribution >= 4 is 17.2 Å². The molecule has 2 rings (SSSR count). The fourth-order valence-electron chi connectivity index (χ4n) is 2.45. The maximum absolute atomic E-state index is 14.6. The zero-order valence-corrected chi connectivity index (χ0v) is 11.9. The van der Waals surface area contributed by atoms with Crippen LogP contribution in [0.15, 0.2) is 0 Å². The number of fused-ring (bicyclic) bond motifs is 1. The van der Waals surface area contributed by atoms with Crippen molar-refractivity contribution in [2.45, 2.75) is 13.8 Å². The van der Waals surface area contributed by atoms with Crippen LogP contribution in [0.25, 0.3) is 0 Å². The summed E-state index contributed by atoms with van der Waals surface area (Å²) in [6, 6.07) is 0. The summed E-state index contributed by atoms with van der Waals surface area (Å²) in [4.78, 5) is 9.02. The number of hydrogen-bond acceptors (Lipinski definition) is 4. The van der Waals surface area contributed by atoms with Gasteiger partial charge in [-0.05, 0) is 13.8 Å². The molecule has 0 unspecified atom stereocenters. The van der Waals surface area contributed by atoms with Gasteiger partial charge in [-0.15, -0.1) is 0 Å². The molecule has 4 nitrogen and oxygen atoms in total. The molecule has 0 N–H and O–H groups in total. The van der Waals surface area contributed by atoms with Gasteiger partial charge in [0, 0.05) is 40.3 Å². The Morgan fingerprint density at radius 3 is 2.11 bits per heavy atom. The molecule has 1 aliphatic heterocycles. The molecule has 1 aromatic heterocycles. The molecular weight excluding hydrogens is 250 g/mol. The molecule has 2 heterocycles. The lowest BCUT2D eigenvalue weighted by atomic mass is 10.2. The zero-order valence-electron chi connectivity index (χ0n) is 11.9. The molecule has 0 radical (unpaired) electrons. The van der Waals surface area contributed by atoms with Crippen LogP contribution in [0.4, 0.5) is 26.0 Å². The summed E-state index contributed by atoms with van der Waals surface area (Å²) in [5.41, 5.74) is 0.560. The van der Waals surface area contributed by atoms with Crippen LogP contribution >= 0.6 is 0 Å². The minimum atomic E-state index is -0.604. The van der Waals surface area contributed by atoms with Gasteiger partial charge in [0.15, 0.2) is 11.6 Å². The van der Waals surface area contributed by atoms with E-state index in [9.17, 15) is 8.78 Å². The van der Waals surface area contributed by atoms with Gasteiger partial charge in [-0.3, -0.25) is 0 Å². The number of hydrogen-bond donors (Lipinski definition) is 0. The topological polar surface area (TPSA) is 22.6 Å². The van der Waals surface area contributed by atoms with Gasteiger partial charge in [0.05, 0.1) is 0 Å². The van der Waals surface area contributed by atoms with Gasteiger partial charge >= 0.3 is 0 Å². The Hall–Kier alpha value is -1.59. The maximum atomic E-state index is 14.6. The molecule has 0 aliphatic carbocycles. The Labute approximate surface area is 112 Å². The van der Waals surface area contributed by atoms with Crippen LogP contribution in [-0.4, -0.2) is 45.3 Å². The van der Waals surface area contributed by atoms with Crippen molar-refractivity contribution in [3.05, 3.63) is 11.8 Å². The van der Waals surface area contributed by atoms with Crippen molar-refractivity contribution in [3.8, 4) is 0 Å². The number of nitrogens with zero attached hydrogens (tertiary/aromatic N) is 4. The molecule has 106 valence electrons. The number of rotatable bonds is 3. The minimum Gasteiger partial charge on any atom is -0.369 e. The molecule has 0 saturated heterocycles. The van der Waals surface area contributed by atoms with Gasteiger partial charge < -0.3 is 14.7 Å². The second kappa shape index (κ2) is 5.19. The van der Waals surface area contributed by atoms with Crippen molar-refractivity contribution in [1.29, 1.82) is 0 Å². The number of anilines is 3. The standard InChI is InChI=1S/C13H20F2N4/c1-5-19(6-2)13-9(14)10-11(12(15)16-13)18(4)8-7-17(10)3/h5-8H2,1-4H3. The Bertz CT molecular complexity index is 474. The quantitative estimate of drug-likeness (QED) is 0.784. The van der Waals surface area contributed by atoms with E-state index in [0.717, 1.165) is 0 Å². The van der Waals surface area contributed by atoms with Gasteiger partial charge in [-0.1, -0.05) is 0 Å². The summed E-state index contributed by atoms with van der Waals surface area (Å²) < 4.78 is 28.8. The number of pyridine rings is 1. The van der Waals surface area contributed by atoms with Crippen LogP contribution in [0.5, 0.6) is 0 Å². The maximum Gasteiger partial charge on any atom is 0.240 e.